The monoisotopic (exact) mass is 286 g/mol. The van der Waals surface area contributed by atoms with E-state index in [-0.39, 0.29) is 18.4 Å². The number of rotatable bonds is 5. The summed E-state index contributed by atoms with van der Waals surface area (Å²) in [5.74, 6) is 0.141. The Kier molecular flexibility index (Phi) is 5.42. The molecule has 0 spiro atoms. The average Bonchev–Trinajstić information content (AvgIpc) is 2.27. The molecule has 1 heterocycles. The van der Waals surface area contributed by atoms with Crippen LogP contribution in [0, 0.1) is 5.92 Å². The van der Waals surface area contributed by atoms with E-state index in [2.05, 4.69) is 26.2 Å². The molecule has 1 amide bonds. The van der Waals surface area contributed by atoms with Crippen LogP contribution >= 0.6 is 15.9 Å². The maximum absolute atomic E-state index is 11.6. The molecule has 0 aromatic carbocycles. The second-order valence-corrected chi connectivity index (χ2v) is 4.51. The molecule has 0 aliphatic heterocycles. The summed E-state index contributed by atoms with van der Waals surface area (Å²) in [5, 5.41) is 11.5. The maximum Gasteiger partial charge on any atom is 0.252 e. The smallest absolute Gasteiger partial charge is 0.252 e. The predicted octanol–water partition coefficient (Wildman–Crippen LogP) is 1.59. The Labute approximate surface area is 103 Å². The van der Waals surface area contributed by atoms with Crippen LogP contribution in [0.15, 0.2) is 22.9 Å². The molecule has 1 aromatic heterocycles. The number of amides is 1. The van der Waals surface area contributed by atoms with Crippen LogP contribution in [0.4, 0.5) is 0 Å². The highest BCUT2D eigenvalue weighted by Gasteiger charge is 2.07. The molecule has 2 N–H and O–H groups in total. The lowest BCUT2D eigenvalue weighted by molar-refractivity contribution is 0.0945. The van der Waals surface area contributed by atoms with E-state index in [1.165, 1.54) is 6.20 Å². The Balaban J connectivity index is 2.43. The number of carbonyl (C=O) groups is 1. The number of aliphatic hydroxyl groups is 1. The quantitative estimate of drug-likeness (QED) is 0.808. The summed E-state index contributed by atoms with van der Waals surface area (Å²) in [6.45, 7) is 2.70. The van der Waals surface area contributed by atoms with Crippen molar-refractivity contribution in [1.82, 2.24) is 10.3 Å². The van der Waals surface area contributed by atoms with E-state index in [9.17, 15) is 4.79 Å². The molecule has 0 radical (unpaired) electrons. The number of halogens is 1. The van der Waals surface area contributed by atoms with E-state index in [0.29, 0.717) is 23.1 Å². The third-order valence-electron chi connectivity index (χ3n) is 2.22. The van der Waals surface area contributed by atoms with Crippen LogP contribution in [0.2, 0.25) is 0 Å². The number of aliphatic hydroxyl groups excluding tert-OH is 1. The van der Waals surface area contributed by atoms with Crippen molar-refractivity contribution in [3.05, 3.63) is 28.5 Å². The molecule has 4 nitrogen and oxygen atoms in total. The van der Waals surface area contributed by atoms with Gasteiger partial charge in [-0.1, -0.05) is 6.92 Å². The molecule has 1 atom stereocenters. The summed E-state index contributed by atoms with van der Waals surface area (Å²) >= 11 is 3.21. The largest absolute Gasteiger partial charge is 0.396 e. The molecular formula is C11H15BrN2O2. The van der Waals surface area contributed by atoms with Gasteiger partial charge in [-0.15, -0.1) is 0 Å². The number of pyridine rings is 1. The normalized spacial score (nSPS) is 12.2. The Hall–Kier alpha value is -0.940. The zero-order valence-electron chi connectivity index (χ0n) is 9.11. The van der Waals surface area contributed by atoms with Gasteiger partial charge in [-0.2, -0.15) is 0 Å². The highest BCUT2D eigenvalue weighted by molar-refractivity contribution is 9.10. The molecule has 16 heavy (non-hydrogen) atoms. The fourth-order valence-electron chi connectivity index (χ4n) is 1.20. The number of hydrogen-bond acceptors (Lipinski definition) is 3. The predicted molar refractivity (Wildman–Crippen MR) is 65.1 cm³/mol. The topological polar surface area (TPSA) is 62.2 Å². The minimum absolute atomic E-state index is 0.134. The van der Waals surface area contributed by atoms with Crippen molar-refractivity contribution in [2.45, 2.75) is 13.3 Å². The first-order chi connectivity index (χ1) is 7.63. The SMILES string of the molecule is CC(CCO)CNC(=O)c1ccc(Br)nc1. The van der Waals surface area contributed by atoms with Crippen LogP contribution in [-0.2, 0) is 0 Å². The van der Waals surface area contributed by atoms with E-state index in [1.807, 2.05) is 6.92 Å². The van der Waals surface area contributed by atoms with Gasteiger partial charge in [-0.25, -0.2) is 4.98 Å². The molecular weight excluding hydrogens is 272 g/mol. The maximum atomic E-state index is 11.6. The van der Waals surface area contributed by atoms with E-state index >= 15 is 0 Å². The van der Waals surface area contributed by atoms with Crippen molar-refractivity contribution >= 4 is 21.8 Å². The van der Waals surface area contributed by atoms with E-state index < -0.39 is 0 Å². The lowest BCUT2D eigenvalue weighted by Gasteiger charge is -2.10. The Morgan fingerprint density at radius 3 is 2.94 bits per heavy atom. The van der Waals surface area contributed by atoms with Gasteiger partial charge in [0.1, 0.15) is 4.60 Å². The molecule has 1 rings (SSSR count). The van der Waals surface area contributed by atoms with Crippen molar-refractivity contribution in [3.8, 4) is 0 Å². The molecule has 0 aliphatic rings. The van der Waals surface area contributed by atoms with Crippen LogP contribution < -0.4 is 5.32 Å². The van der Waals surface area contributed by atoms with Crippen molar-refractivity contribution in [1.29, 1.82) is 0 Å². The molecule has 5 heteroatoms. The molecule has 1 unspecified atom stereocenters. The van der Waals surface area contributed by atoms with E-state index in [0.717, 1.165) is 0 Å². The van der Waals surface area contributed by atoms with Gasteiger partial charge in [0.05, 0.1) is 5.56 Å². The summed E-state index contributed by atoms with van der Waals surface area (Å²) in [7, 11) is 0. The third-order valence-corrected chi connectivity index (χ3v) is 2.69. The molecule has 0 bridgehead atoms. The van der Waals surface area contributed by atoms with Gasteiger partial charge in [0.2, 0.25) is 0 Å². The van der Waals surface area contributed by atoms with Crippen molar-refractivity contribution in [2.24, 2.45) is 5.92 Å². The lowest BCUT2D eigenvalue weighted by atomic mass is 10.1. The highest BCUT2D eigenvalue weighted by atomic mass is 79.9. The molecule has 1 aromatic rings. The second kappa shape index (κ2) is 6.60. The van der Waals surface area contributed by atoms with Crippen molar-refractivity contribution in [2.75, 3.05) is 13.2 Å². The molecule has 88 valence electrons. The Morgan fingerprint density at radius 2 is 2.38 bits per heavy atom. The van der Waals surface area contributed by atoms with E-state index in [1.54, 1.807) is 12.1 Å². The van der Waals surface area contributed by atoms with Gasteiger partial charge in [-0.05, 0) is 40.4 Å². The van der Waals surface area contributed by atoms with Crippen LogP contribution in [0.5, 0.6) is 0 Å². The lowest BCUT2D eigenvalue weighted by Crippen LogP contribution is -2.28. The fraction of sp³-hybridized carbons (Fsp3) is 0.455. The molecule has 0 saturated heterocycles. The van der Waals surface area contributed by atoms with Gasteiger partial charge < -0.3 is 10.4 Å². The van der Waals surface area contributed by atoms with Crippen LogP contribution in [-0.4, -0.2) is 29.1 Å². The molecule has 0 aliphatic carbocycles. The standard InChI is InChI=1S/C11H15BrN2O2/c1-8(4-5-15)6-14-11(16)9-2-3-10(12)13-7-9/h2-3,7-8,15H,4-6H2,1H3,(H,14,16). The second-order valence-electron chi connectivity index (χ2n) is 3.70. The fourth-order valence-corrected chi connectivity index (χ4v) is 1.44. The number of hydrogen-bond donors (Lipinski definition) is 2. The zero-order valence-corrected chi connectivity index (χ0v) is 10.7. The molecule has 0 saturated carbocycles. The summed E-state index contributed by atoms with van der Waals surface area (Å²) < 4.78 is 0.706. The van der Waals surface area contributed by atoms with Gasteiger partial charge in [0.25, 0.3) is 5.91 Å². The first kappa shape index (κ1) is 13.1. The number of nitrogens with one attached hydrogen (secondary N) is 1. The summed E-state index contributed by atoms with van der Waals surface area (Å²) in [4.78, 5) is 15.6. The van der Waals surface area contributed by atoms with E-state index in [4.69, 9.17) is 5.11 Å². The number of carbonyl (C=O) groups excluding carboxylic acids is 1. The van der Waals surface area contributed by atoms with Gasteiger partial charge >= 0.3 is 0 Å². The zero-order chi connectivity index (χ0) is 12.0. The van der Waals surface area contributed by atoms with Crippen molar-refractivity contribution < 1.29 is 9.90 Å². The summed E-state index contributed by atoms with van der Waals surface area (Å²) in [6, 6.07) is 3.44. The Bertz CT molecular complexity index is 340. The van der Waals surface area contributed by atoms with Crippen LogP contribution in [0.3, 0.4) is 0 Å². The van der Waals surface area contributed by atoms with Crippen LogP contribution in [0.25, 0.3) is 0 Å². The van der Waals surface area contributed by atoms with Crippen LogP contribution in [0.1, 0.15) is 23.7 Å². The number of aromatic nitrogens is 1. The highest BCUT2D eigenvalue weighted by Crippen LogP contribution is 2.06. The minimum Gasteiger partial charge on any atom is -0.396 e. The van der Waals surface area contributed by atoms with Crippen molar-refractivity contribution in [3.63, 3.8) is 0 Å². The first-order valence-corrected chi connectivity index (χ1v) is 5.93. The molecule has 0 fully saturated rings. The van der Waals surface area contributed by atoms with Gasteiger partial charge in [-0.3, -0.25) is 4.79 Å². The van der Waals surface area contributed by atoms with Gasteiger partial charge in [0, 0.05) is 19.3 Å². The first-order valence-electron chi connectivity index (χ1n) is 5.14. The minimum atomic E-state index is -0.134. The van der Waals surface area contributed by atoms with Gasteiger partial charge in [0.15, 0.2) is 0 Å². The third kappa shape index (κ3) is 4.28. The number of nitrogens with zero attached hydrogens (tertiary/aromatic N) is 1. The summed E-state index contributed by atoms with van der Waals surface area (Å²) in [6.07, 6.45) is 2.22. The summed E-state index contributed by atoms with van der Waals surface area (Å²) in [5.41, 5.74) is 0.541. The Morgan fingerprint density at radius 1 is 1.62 bits per heavy atom. The average molecular weight is 287 g/mol.